The number of amides is 2. The van der Waals surface area contributed by atoms with Gasteiger partial charge in [0.1, 0.15) is 0 Å². The van der Waals surface area contributed by atoms with E-state index in [1.54, 1.807) is 48.5 Å². The van der Waals surface area contributed by atoms with Crippen LogP contribution in [0.25, 0.3) is 0 Å². The van der Waals surface area contributed by atoms with Crippen molar-refractivity contribution in [2.45, 2.75) is 6.42 Å². The Kier molecular flexibility index (Phi) is 5.27. The minimum Gasteiger partial charge on any atom is -0.459 e. The van der Waals surface area contributed by atoms with Crippen LogP contribution in [0.3, 0.4) is 0 Å². The summed E-state index contributed by atoms with van der Waals surface area (Å²) in [6.45, 7) is 0. The Morgan fingerprint density at radius 2 is 1.56 bits per heavy atom. The molecule has 2 amide bonds. The van der Waals surface area contributed by atoms with Gasteiger partial charge in [-0.3, -0.25) is 19.7 Å². The van der Waals surface area contributed by atoms with Crippen molar-refractivity contribution >= 4 is 28.9 Å². The average molecular weight is 365 g/mol. The van der Waals surface area contributed by atoms with Gasteiger partial charge < -0.3 is 15.1 Å². The Labute approximate surface area is 154 Å². The first-order valence-corrected chi connectivity index (χ1v) is 7.99. The Morgan fingerprint density at radius 1 is 0.926 bits per heavy atom. The number of rotatable bonds is 6. The molecule has 3 aromatic rings. The second kappa shape index (κ2) is 7.96. The van der Waals surface area contributed by atoms with Crippen molar-refractivity contribution in [3.05, 3.63) is 88.4 Å². The number of benzene rings is 2. The van der Waals surface area contributed by atoms with E-state index in [0.29, 0.717) is 16.9 Å². The lowest BCUT2D eigenvalue weighted by molar-refractivity contribution is -0.384. The first-order valence-electron chi connectivity index (χ1n) is 7.99. The first-order chi connectivity index (χ1) is 13.0. The molecule has 8 heteroatoms. The number of non-ortho nitro benzene ring substituents is 1. The van der Waals surface area contributed by atoms with Crippen molar-refractivity contribution in [2.24, 2.45) is 0 Å². The molecular formula is C19H15N3O5. The Hall–Kier alpha value is -3.94. The summed E-state index contributed by atoms with van der Waals surface area (Å²) in [7, 11) is 0. The molecule has 2 N–H and O–H groups in total. The lowest BCUT2D eigenvalue weighted by Crippen LogP contribution is -2.14. The third-order valence-corrected chi connectivity index (χ3v) is 3.68. The number of nitro groups is 1. The molecule has 0 atom stereocenters. The van der Waals surface area contributed by atoms with Crippen LogP contribution in [0, 0.1) is 10.1 Å². The van der Waals surface area contributed by atoms with E-state index in [1.165, 1.54) is 18.4 Å². The molecule has 136 valence electrons. The Balaban J connectivity index is 1.55. The monoisotopic (exact) mass is 365 g/mol. The maximum absolute atomic E-state index is 12.1. The molecule has 27 heavy (non-hydrogen) atoms. The number of nitrogens with one attached hydrogen (secondary N) is 2. The second-order valence-electron chi connectivity index (χ2n) is 5.66. The van der Waals surface area contributed by atoms with E-state index in [1.807, 2.05) is 0 Å². The zero-order valence-electron chi connectivity index (χ0n) is 14.0. The highest BCUT2D eigenvalue weighted by molar-refractivity contribution is 6.02. The fourth-order valence-corrected chi connectivity index (χ4v) is 2.36. The maximum Gasteiger partial charge on any atom is 0.291 e. The van der Waals surface area contributed by atoms with Crippen LogP contribution in [0.5, 0.6) is 0 Å². The predicted octanol–water partition coefficient (Wildman–Crippen LogP) is 3.62. The summed E-state index contributed by atoms with van der Waals surface area (Å²) in [5.74, 6) is -0.415. The van der Waals surface area contributed by atoms with E-state index in [4.69, 9.17) is 4.42 Å². The van der Waals surface area contributed by atoms with Crippen molar-refractivity contribution in [1.29, 1.82) is 0 Å². The van der Waals surface area contributed by atoms with Crippen molar-refractivity contribution < 1.29 is 18.9 Å². The van der Waals surface area contributed by atoms with Crippen LogP contribution in [-0.2, 0) is 11.2 Å². The van der Waals surface area contributed by atoms with Gasteiger partial charge in [0.15, 0.2) is 5.76 Å². The molecule has 3 rings (SSSR count). The number of anilines is 2. The van der Waals surface area contributed by atoms with Gasteiger partial charge in [0, 0.05) is 23.5 Å². The highest BCUT2D eigenvalue weighted by atomic mass is 16.6. The molecule has 0 radical (unpaired) electrons. The summed E-state index contributed by atoms with van der Waals surface area (Å²) >= 11 is 0. The highest BCUT2D eigenvalue weighted by Crippen LogP contribution is 2.16. The summed E-state index contributed by atoms with van der Waals surface area (Å²) in [5, 5.41) is 16.0. The molecule has 1 heterocycles. The molecule has 0 bridgehead atoms. The number of hydrogen-bond acceptors (Lipinski definition) is 5. The number of hydrogen-bond donors (Lipinski definition) is 2. The van der Waals surface area contributed by atoms with Gasteiger partial charge in [0.2, 0.25) is 5.91 Å². The smallest absolute Gasteiger partial charge is 0.291 e. The third-order valence-electron chi connectivity index (χ3n) is 3.68. The molecule has 0 saturated heterocycles. The lowest BCUT2D eigenvalue weighted by Gasteiger charge is -2.07. The van der Waals surface area contributed by atoms with Crippen LogP contribution < -0.4 is 10.6 Å². The van der Waals surface area contributed by atoms with E-state index in [-0.39, 0.29) is 29.7 Å². The summed E-state index contributed by atoms with van der Waals surface area (Å²) < 4.78 is 5.01. The quantitative estimate of drug-likeness (QED) is 0.511. The molecule has 0 aliphatic carbocycles. The minimum absolute atomic E-state index is 0.0219. The molecule has 8 nitrogen and oxygen atoms in total. The van der Waals surface area contributed by atoms with Crippen molar-refractivity contribution in [2.75, 3.05) is 10.6 Å². The molecule has 2 aromatic carbocycles. The van der Waals surface area contributed by atoms with Crippen LogP contribution >= 0.6 is 0 Å². The average Bonchev–Trinajstić information content (AvgIpc) is 3.18. The molecule has 0 saturated carbocycles. The van der Waals surface area contributed by atoms with Crippen LogP contribution in [0.4, 0.5) is 17.1 Å². The van der Waals surface area contributed by atoms with Crippen LogP contribution in [0.1, 0.15) is 16.1 Å². The summed E-state index contributed by atoms with van der Waals surface area (Å²) in [4.78, 5) is 34.1. The fourth-order valence-electron chi connectivity index (χ4n) is 2.36. The number of furan rings is 1. The normalized spacial score (nSPS) is 10.2. The van der Waals surface area contributed by atoms with Gasteiger partial charge in [-0.1, -0.05) is 12.1 Å². The topological polar surface area (TPSA) is 114 Å². The summed E-state index contributed by atoms with van der Waals surface area (Å²) in [5.41, 5.74) is 1.77. The number of carbonyl (C=O) groups is 2. The van der Waals surface area contributed by atoms with Gasteiger partial charge in [-0.05, 0) is 42.0 Å². The third kappa shape index (κ3) is 4.79. The minimum atomic E-state index is -0.490. The molecule has 0 aliphatic rings. The van der Waals surface area contributed by atoms with Gasteiger partial charge in [0.25, 0.3) is 11.6 Å². The SMILES string of the molecule is O=C(Cc1ccc([N+](=O)[O-])cc1)Nc1ccc(NC(=O)c2ccco2)cc1. The van der Waals surface area contributed by atoms with E-state index >= 15 is 0 Å². The first kappa shape index (κ1) is 17.9. The molecule has 0 spiro atoms. The van der Waals surface area contributed by atoms with Crippen LogP contribution in [0.2, 0.25) is 0 Å². The lowest BCUT2D eigenvalue weighted by atomic mass is 10.1. The zero-order chi connectivity index (χ0) is 19.2. The fraction of sp³-hybridized carbons (Fsp3) is 0.0526. The molecule has 0 aliphatic heterocycles. The van der Waals surface area contributed by atoms with E-state index in [9.17, 15) is 19.7 Å². The Morgan fingerprint density at radius 3 is 2.11 bits per heavy atom. The van der Waals surface area contributed by atoms with Gasteiger partial charge in [-0.25, -0.2) is 0 Å². The van der Waals surface area contributed by atoms with Crippen LogP contribution in [0.15, 0.2) is 71.3 Å². The number of nitrogens with zero attached hydrogens (tertiary/aromatic N) is 1. The van der Waals surface area contributed by atoms with Crippen molar-refractivity contribution in [3.8, 4) is 0 Å². The van der Waals surface area contributed by atoms with Crippen molar-refractivity contribution in [1.82, 2.24) is 0 Å². The zero-order valence-corrected chi connectivity index (χ0v) is 14.0. The Bertz CT molecular complexity index is 948. The largest absolute Gasteiger partial charge is 0.459 e. The predicted molar refractivity (Wildman–Crippen MR) is 98.5 cm³/mol. The number of carbonyl (C=O) groups excluding carboxylic acids is 2. The second-order valence-corrected chi connectivity index (χ2v) is 5.66. The molecule has 0 fully saturated rings. The number of nitro benzene ring substituents is 1. The molecule has 0 unspecified atom stereocenters. The van der Waals surface area contributed by atoms with Gasteiger partial charge in [0.05, 0.1) is 17.6 Å². The van der Waals surface area contributed by atoms with Crippen molar-refractivity contribution in [3.63, 3.8) is 0 Å². The standard InChI is InChI=1S/C19H15N3O5/c23-18(12-13-3-9-16(10-4-13)22(25)26)20-14-5-7-15(8-6-14)21-19(24)17-2-1-11-27-17/h1-11H,12H2,(H,20,23)(H,21,24). The highest BCUT2D eigenvalue weighted by Gasteiger charge is 2.10. The van der Waals surface area contributed by atoms with Crippen LogP contribution in [-0.4, -0.2) is 16.7 Å². The van der Waals surface area contributed by atoms with E-state index < -0.39 is 4.92 Å². The summed E-state index contributed by atoms with van der Waals surface area (Å²) in [6, 6.07) is 15.6. The molecular weight excluding hydrogens is 350 g/mol. The van der Waals surface area contributed by atoms with Gasteiger partial charge in [-0.2, -0.15) is 0 Å². The van der Waals surface area contributed by atoms with E-state index in [0.717, 1.165) is 0 Å². The summed E-state index contributed by atoms with van der Waals surface area (Å²) in [6.07, 6.45) is 1.51. The van der Waals surface area contributed by atoms with E-state index in [2.05, 4.69) is 10.6 Å². The maximum atomic E-state index is 12.1. The molecule has 1 aromatic heterocycles. The van der Waals surface area contributed by atoms with Gasteiger partial charge in [-0.15, -0.1) is 0 Å². The van der Waals surface area contributed by atoms with Gasteiger partial charge >= 0.3 is 0 Å².